The average molecular weight is 309 g/mol. The van der Waals surface area contributed by atoms with Crippen molar-refractivity contribution in [2.24, 2.45) is 5.41 Å². The van der Waals surface area contributed by atoms with Crippen LogP contribution in [-0.4, -0.2) is 57.6 Å². The van der Waals surface area contributed by atoms with E-state index in [0.717, 1.165) is 0 Å². The normalized spacial score (nSPS) is 26.4. The van der Waals surface area contributed by atoms with Crippen molar-refractivity contribution in [3.05, 3.63) is 0 Å². The summed E-state index contributed by atoms with van der Waals surface area (Å²) in [7, 11) is -2.45. The van der Waals surface area contributed by atoms with E-state index >= 15 is 0 Å². The number of esters is 1. The monoisotopic (exact) mass is 309 g/mol. The first kappa shape index (κ1) is 16.9. The molecule has 1 aliphatic rings. The SMILES string of the molecule is COC(=O)CCCS(=O)(=O)NC1COCC1(C)C(=O)O. The first-order chi connectivity index (χ1) is 9.21. The lowest BCUT2D eigenvalue weighted by atomic mass is 9.86. The predicted molar refractivity (Wildman–Crippen MR) is 68.5 cm³/mol. The molecule has 0 bridgehead atoms. The van der Waals surface area contributed by atoms with Crippen molar-refractivity contribution in [3.63, 3.8) is 0 Å². The number of methoxy groups -OCH3 is 1. The number of sulfonamides is 1. The molecule has 1 rings (SSSR count). The second-order valence-corrected chi connectivity index (χ2v) is 6.78. The molecule has 1 heterocycles. The first-order valence-corrected chi connectivity index (χ1v) is 7.74. The van der Waals surface area contributed by atoms with Crippen LogP contribution in [0.2, 0.25) is 0 Å². The molecule has 20 heavy (non-hydrogen) atoms. The third-order valence-corrected chi connectivity index (χ3v) is 4.76. The van der Waals surface area contributed by atoms with Crippen molar-refractivity contribution in [3.8, 4) is 0 Å². The highest BCUT2D eigenvalue weighted by atomic mass is 32.2. The minimum absolute atomic E-state index is 0.00518. The van der Waals surface area contributed by atoms with E-state index in [9.17, 15) is 18.0 Å². The van der Waals surface area contributed by atoms with Crippen molar-refractivity contribution in [2.75, 3.05) is 26.1 Å². The Balaban J connectivity index is 2.58. The molecule has 2 N–H and O–H groups in total. The van der Waals surface area contributed by atoms with Crippen LogP contribution in [0.3, 0.4) is 0 Å². The van der Waals surface area contributed by atoms with Crippen LogP contribution in [-0.2, 0) is 29.1 Å². The summed E-state index contributed by atoms with van der Waals surface area (Å²) in [6, 6.07) is -0.817. The molecule has 0 amide bonds. The van der Waals surface area contributed by atoms with Crippen LogP contribution in [0.25, 0.3) is 0 Å². The maximum Gasteiger partial charge on any atom is 0.313 e. The highest BCUT2D eigenvalue weighted by molar-refractivity contribution is 7.89. The number of carboxylic acids is 1. The lowest BCUT2D eigenvalue weighted by molar-refractivity contribution is -0.148. The smallest absolute Gasteiger partial charge is 0.313 e. The van der Waals surface area contributed by atoms with Crippen LogP contribution in [0.15, 0.2) is 0 Å². The van der Waals surface area contributed by atoms with Crippen LogP contribution in [0, 0.1) is 5.41 Å². The lowest BCUT2D eigenvalue weighted by Gasteiger charge is -2.25. The third kappa shape index (κ3) is 4.15. The summed E-state index contributed by atoms with van der Waals surface area (Å²) in [5, 5.41) is 9.14. The Morgan fingerprint density at radius 2 is 2.15 bits per heavy atom. The molecule has 0 radical (unpaired) electrons. The molecule has 1 saturated heterocycles. The fourth-order valence-corrected chi connectivity index (χ4v) is 3.24. The van der Waals surface area contributed by atoms with Gasteiger partial charge in [-0.15, -0.1) is 0 Å². The number of nitrogens with one attached hydrogen (secondary N) is 1. The largest absolute Gasteiger partial charge is 0.481 e. The third-order valence-electron chi connectivity index (χ3n) is 3.29. The van der Waals surface area contributed by atoms with Gasteiger partial charge in [0.2, 0.25) is 10.0 Å². The van der Waals surface area contributed by atoms with Crippen LogP contribution in [0.4, 0.5) is 0 Å². The molecule has 1 fully saturated rings. The molecule has 2 unspecified atom stereocenters. The zero-order valence-corrected chi connectivity index (χ0v) is 12.2. The van der Waals surface area contributed by atoms with E-state index in [2.05, 4.69) is 9.46 Å². The van der Waals surface area contributed by atoms with Crippen molar-refractivity contribution in [1.29, 1.82) is 0 Å². The maximum absolute atomic E-state index is 11.9. The topological polar surface area (TPSA) is 119 Å². The fourth-order valence-electron chi connectivity index (χ4n) is 1.83. The zero-order valence-electron chi connectivity index (χ0n) is 11.4. The van der Waals surface area contributed by atoms with Gasteiger partial charge in [-0.1, -0.05) is 0 Å². The molecule has 0 saturated carbocycles. The lowest BCUT2D eigenvalue weighted by Crippen LogP contribution is -2.50. The Hall–Kier alpha value is -1.19. The van der Waals surface area contributed by atoms with Gasteiger partial charge in [0, 0.05) is 6.42 Å². The fraction of sp³-hybridized carbons (Fsp3) is 0.818. The number of ether oxygens (including phenoxy) is 2. The molecular weight excluding hydrogens is 290 g/mol. The molecule has 0 aromatic carbocycles. The molecule has 0 aromatic heterocycles. The van der Waals surface area contributed by atoms with Crippen LogP contribution in [0.1, 0.15) is 19.8 Å². The van der Waals surface area contributed by atoms with Gasteiger partial charge < -0.3 is 14.6 Å². The van der Waals surface area contributed by atoms with Gasteiger partial charge in [0.25, 0.3) is 0 Å². The minimum Gasteiger partial charge on any atom is -0.481 e. The van der Waals surface area contributed by atoms with Gasteiger partial charge in [-0.05, 0) is 13.3 Å². The van der Waals surface area contributed by atoms with E-state index in [4.69, 9.17) is 9.84 Å². The summed E-state index contributed by atoms with van der Waals surface area (Å²) in [6.07, 6.45) is 0.105. The van der Waals surface area contributed by atoms with Crippen molar-refractivity contribution < 1.29 is 32.6 Å². The average Bonchev–Trinajstić information content (AvgIpc) is 2.71. The second-order valence-electron chi connectivity index (χ2n) is 4.91. The number of aliphatic carboxylic acids is 1. The summed E-state index contributed by atoms with van der Waals surface area (Å²) in [6.45, 7) is 1.40. The molecule has 1 aliphatic heterocycles. The van der Waals surface area contributed by atoms with Gasteiger partial charge in [-0.3, -0.25) is 9.59 Å². The molecule has 2 atom stereocenters. The zero-order chi connectivity index (χ0) is 15.4. The highest BCUT2D eigenvalue weighted by Crippen LogP contribution is 2.29. The maximum atomic E-state index is 11.9. The Bertz CT molecular complexity index is 475. The Labute approximate surface area is 117 Å². The van der Waals surface area contributed by atoms with Crippen LogP contribution in [0.5, 0.6) is 0 Å². The van der Waals surface area contributed by atoms with Gasteiger partial charge in [0.05, 0.1) is 32.1 Å². The van der Waals surface area contributed by atoms with Crippen molar-refractivity contribution >= 4 is 22.0 Å². The summed E-state index contributed by atoms with van der Waals surface area (Å²) >= 11 is 0. The van der Waals surface area contributed by atoms with E-state index < -0.39 is 33.4 Å². The van der Waals surface area contributed by atoms with Crippen LogP contribution < -0.4 is 4.72 Å². The molecule has 116 valence electrons. The van der Waals surface area contributed by atoms with E-state index in [0.29, 0.717) is 0 Å². The summed E-state index contributed by atoms with van der Waals surface area (Å²) in [4.78, 5) is 22.1. The number of carboxylic acid groups (broad SMARTS) is 1. The summed E-state index contributed by atoms with van der Waals surface area (Å²) in [5.41, 5.74) is -1.28. The molecular formula is C11H19NO7S. The highest BCUT2D eigenvalue weighted by Gasteiger charge is 2.48. The Morgan fingerprint density at radius 3 is 2.70 bits per heavy atom. The number of rotatable bonds is 7. The summed E-state index contributed by atoms with van der Waals surface area (Å²) < 4.78 is 35.5. The summed E-state index contributed by atoms with van der Waals surface area (Å²) in [5.74, 6) is -1.87. The van der Waals surface area contributed by atoms with E-state index in [1.165, 1.54) is 14.0 Å². The van der Waals surface area contributed by atoms with Crippen molar-refractivity contribution in [2.45, 2.75) is 25.8 Å². The number of carbonyl (C=O) groups excluding carboxylic acids is 1. The Morgan fingerprint density at radius 1 is 1.50 bits per heavy atom. The van der Waals surface area contributed by atoms with Gasteiger partial charge in [0.1, 0.15) is 5.41 Å². The quantitative estimate of drug-likeness (QED) is 0.600. The molecule has 9 heteroatoms. The molecule has 0 spiro atoms. The Kier molecular flexibility index (Phi) is 5.49. The van der Waals surface area contributed by atoms with Crippen LogP contribution >= 0.6 is 0 Å². The molecule has 8 nitrogen and oxygen atoms in total. The van der Waals surface area contributed by atoms with Gasteiger partial charge >= 0.3 is 11.9 Å². The van der Waals surface area contributed by atoms with Gasteiger partial charge in [-0.25, -0.2) is 13.1 Å². The van der Waals surface area contributed by atoms with Gasteiger partial charge in [-0.2, -0.15) is 0 Å². The van der Waals surface area contributed by atoms with E-state index in [1.54, 1.807) is 0 Å². The standard InChI is InChI=1S/C11H19NO7S/c1-11(10(14)15)7-19-6-8(11)12-20(16,17)5-3-4-9(13)18-2/h8,12H,3-7H2,1-2H3,(H,14,15). The number of hydrogen-bond donors (Lipinski definition) is 2. The first-order valence-electron chi connectivity index (χ1n) is 6.09. The van der Waals surface area contributed by atoms with Crippen molar-refractivity contribution in [1.82, 2.24) is 4.72 Å². The number of carbonyl (C=O) groups is 2. The molecule has 0 aromatic rings. The second kappa shape index (κ2) is 6.51. The number of hydrogen-bond acceptors (Lipinski definition) is 6. The molecule has 0 aliphatic carbocycles. The van der Waals surface area contributed by atoms with Gasteiger partial charge in [0.15, 0.2) is 0 Å². The van der Waals surface area contributed by atoms with E-state index in [-0.39, 0.29) is 31.8 Å². The van der Waals surface area contributed by atoms with E-state index in [1.807, 2.05) is 0 Å². The predicted octanol–water partition coefficient (Wildman–Crippen LogP) is -0.651. The minimum atomic E-state index is -3.67.